The standard InChI is InChI=1S/C40H49ClFN5O5/c1-26(2)36(48)43-24-35(31-12-8-9-13-32(31)42)45-18-20-46(21-19-45)38(50)33(22-27-14-16-30(41)17-15-27)44-37(49)34-23-28-10-6-7-11-29(28)25-47(34)39(51)52-40(3,4)5/h6-17,26,33-35H,18-25H2,1-5H3,(H,43,48)(H,44,49). The summed E-state index contributed by atoms with van der Waals surface area (Å²) in [4.78, 5) is 59.7. The molecule has 0 saturated carbocycles. The van der Waals surface area contributed by atoms with E-state index >= 15 is 4.39 Å². The fourth-order valence-corrected chi connectivity index (χ4v) is 6.78. The van der Waals surface area contributed by atoms with Crippen LogP contribution in [0, 0.1) is 11.7 Å². The number of fused-ring (bicyclic) bond motifs is 1. The van der Waals surface area contributed by atoms with Crippen LogP contribution in [0.5, 0.6) is 0 Å². The molecule has 0 bridgehead atoms. The third-order valence-corrected chi connectivity index (χ3v) is 9.72. The minimum absolute atomic E-state index is 0.123. The van der Waals surface area contributed by atoms with E-state index in [4.69, 9.17) is 16.3 Å². The maximum atomic E-state index is 15.1. The highest BCUT2D eigenvalue weighted by molar-refractivity contribution is 6.30. The van der Waals surface area contributed by atoms with Crippen LogP contribution in [0.4, 0.5) is 9.18 Å². The second-order valence-electron chi connectivity index (χ2n) is 14.8. The maximum absolute atomic E-state index is 15.1. The van der Waals surface area contributed by atoms with Crippen LogP contribution in [0.3, 0.4) is 0 Å². The SMILES string of the molecule is CC(C)C(=O)NCC(c1ccccc1F)N1CCN(C(=O)C(Cc2ccc(Cl)cc2)NC(=O)C2Cc3ccccc3CN2C(=O)OC(C)(C)C)CC1. The van der Waals surface area contributed by atoms with E-state index in [9.17, 15) is 19.2 Å². The number of piperazine rings is 1. The molecule has 2 heterocycles. The molecule has 0 radical (unpaired) electrons. The molecular formula is C40H49ClFN5O5. The molecule has 3 aromatic rings. The number of hydrogen-bond donors (Lipinski definition) is 2. The van der Waals surface area contributed by atoms with Crippen molar-refractivity contribution in [3.63, 3.8) is 0 Å². The molecular weight excluding hydrogens is 685 g/mol. The van der Waals surface area contributed by atoms with Crippen LogP contribution in [0.2, 0.25) is 5.02 Å². The van der Waals surface area contributed by atoms with E-state index in [1.165, 1.54) is 11.0 Å². The fourth-order valence-electron chi connectivity index (χ4n) is 6.65. The van der Waals surface area contributed by atoms with Crippen LogP contribution in [0.15, 0.2) is 72.8 Å². The fraction of sp³-hybridized carbons (Fsp3) is 0.450. The first-order valence-corrected chi connectivity index (χ1v) is 18.2. The van der Waals surface area contributed by atoms with Gasteiger partial charge in [-0.25, -0.2) is 9.18 Å². The Hall–Kier alpha value is -4.48. The zero-order chi connectivity index (χ0) is 37.6. The Morgan fingerprint density at radius 1 is 0.904 bits per heavy atom. The quantitative estimate of drug-likeness (QED) is 0.284. The smallest absolute Gasteiger partial charge is 0.411 e. The number of rotatable bonds is 10. The molecule has 2 aliphatic rings. The number of ether oxygens (including phenoxy) is 1. The van der Waals surface area contributed by atoms with Crippen molar-refractivity contribution in [1.29, 1.82) is 0 Å². The molecule has 0 aromatic heterocycles. The average Bonchev–Trinajstić information content (AvgIpc) is 3.11. The first-order valence-electron chi connectivity index (χ1n) is 17.9. The summed E-state index contributed by atoms with van der Waals surface area (Å²) in [5.41, 5.74) is 2.40. The molecule has 10 nitrogen and oxygen atoms in total. The van der Waals surface area contributed by atoms with Crippen molar-refractivity contribution in [2.45, 2.75) is 77.7 Å². The van der Waals surface area contributed by atoms with Crippen LogP contribution >= 0.6 is 11.6 Å². The lowest BCUT2D eigenvalue weighted by Crippen LogP contribution is -2.60. The summed E-state index contributed by atoms with van der Waals surface area (Å²) in [6, 6.07) is 19.1. The van der Waals surface area contributed by atoms with Crippen molar-refractivity contribution in [3.8, 4) is 0 Å². The van der Waals surface area contributed by atoms with E-state index in [1.54, 1.807) is 69.9 Å². The van der Waals surface area contributed by atoms with Crippen LogP contribution in [-0.4, -0.2) is 88.9 Å². The van der Waals surface area contributed by atoms with E-state index in [-0.39, 0.29) is 49.5 Å². The molecule has 3 unspecified atom stereocenters. The summed E-state index contributed by atoms with van der Waals surface area (Å²) in [6.07, 6.45) is -0.128. The van der Waals surface area contributed by atoms with Crippen molar-refractivity contribution in [3.05, 3.63) is 106 Å². The van der Waals surface area contributed by atoms with Crippen LogP contribution in [0.25, 0.3) is 0 Å². The van der Waals surface area contributed by atoms with Crippen molar-refractivity contribution in [2.24, 2.45) is 5.92 Å². The van der Waals surface area contributed by atoms with E-state index in [1.807, 2.05) is 36.4 Å². The maximum Gasteiger partial charge on any atom is 0.411 e. The molecule has 2 aliphatic heterocycles. The van der Waals surface area contributed by atoms with Gasteiger partial charge in [-0.1, -0.05) is 80.0 Å². The van der Waals surface area contributed by atoms with Gasteiger partial charge in [0.05, 0.1) is 12.6 Å². The molecule has 278 valence electrons. The van der Waals surface area contributed by atoms with Gasteiger partial charge in [0.25, 0.3) is 0 Å². The number of halogens is 2. The van der Waals surface area contributed by atoms with Gasteiger partial charge in [0.15, 0.2) is 0 Å². The highest BCUT2D eigenvalue weighted by Crippen LogP contribution is 2.27. The Kier molecular flexibility index (Phi) is 12.6. The summed E-state index contributed by atoms with van der Waals surface area (Å²) in [5, 5.41) is 6.51. The van der Waals surface area contributed by atoms with Crippen molar-refractivity contribution in [1.82, 2.24) is 25.3 Å². The monoisotopic (exact) mass is 733 g/mol. The molecule has 52 heavy (non-hydrogen) atoms. The van der Waals surface area contributed by atoms with Crippen LogP contribution in [0.1, 0.15) is 62.9 Å². The van der Waals surface area contributed by atoms with Gasteiger partial charge in [-0.3, -0.25) is 24.2 Å². The Balaban J connectivity index is 1.35. The Labute approximate surface area is 310 Å². The summed E-state index contributed by atoms with van der Waals surface area (Å²) < 4.78 is 20.8. The largest absolute Gasteiger partial charge is 0.444 e. The van der Waals surface area contributed by atoms with Gasteiger partial charge in [0.2, 0.25) is 17.7 Å². The number of benzene rings is 3. The molecule has 12 heteroatoms. The lowest BCUT2D eigenvalue weighted by Gasteiger charge is -2.41. The molecule has 0 spiro atoms. The van der Waals surface area contributed by atoms with Gasteiger partial charge in [-0.05, 0) is 55.7 Å². The van der Waals surface area contributed by atoms with Crippen LogP contribution in [-0.2, 0) is 38.5 Å². The summed E-state index contributed by atoms with van der Waals surface area (Å²) >= 11 is 6.15. The van der Waals surface area contributed by atoms with E-state index in [2.05, 4.69) is 15.5 Å². The molecule has 2 N–H and O–H groups in total. The number of carbonyl (C=O) groups excluding carboxylic acids is 4. The normalized spacial score (nSPS) is 17.6. The summed E-state index contributed by atoms with van der Waals surface area (Å²) in [7, 11) is 0. The van der Waals surface area contributed by atoms with Gasteiger partial charge in [-0.2, -0.15) is 0 Å². The Bertz CT molecular complexity index is 1740. The first-order chi connectivity index (χ1) is 24.7. The minimum atomic E-state index is -0.939. The van der Waals surface area contributed by atoms with E-state index in [0.717, 1.165) is 16.7 Å². The molecule has 5 rings (SSSR count). The third-order valence-electron chi connectivity index (χ3n) is 9.47. The second kappa shape index (κ2) is 16.9. The van der Waals surface area contributed by atoms with Crippen molar-refractivity contribution < 1.29 is 28.3 Å². The Morgan fingerprint density at radius 2 is 1.54 bits per heavy atom. The van der Waals surface area contributed by atoms with Crippen LogP contribution < -0.4 is 10.6 Å². The number of nitrogens with zero attached hydrogens (tertiary/aromatic N) is 3. The van der Waals surface area contributed by atoms with Gasteiger partial charge < -0.3 is 20.3 Å². The van der Waals surface area contributed by atoms with Gasteiger partial charge >= 0.3 is 6.09 Å². The zero-order valence-corrected chi connectivity index (χ0v) is 31.3. The average molecular weight is 734 g/mol. The lowest BCUT2D eigenvalue weighted by atomic mass is 9.93. The van der Waals surface area contributed by atoms with Crippen molar-refractivity contribution in [2.75, 3.05) is 32.7 Å². The molecule has 1 saturated heterocycles. The summed E-state index contributed by atoms with van der Waals surface area (Å²) in [6.45, 7) is 10.9. The Morgan fingerprint density at radius 3 is 2.17 bits per heavy atom. The zero-order valence-electron chi connectivity index (χ0n) is 30.5. The van der Waals surface area contributed by atoms with Gasteiger partial charge in [0, 0.05) is 62.1 Å². The van der Waals surface area contributed by atoms with Gasteiger partial charge in [-0.15, -0.1) is 0 Å². The number of carbonyl (C=O) groups is 4. The number of amides is 4. The molecule has 0 aliphatic carbocycles. The lowest BCUT2D eigenvalue weighted by molar-refractivity contribution is -0.139. The highest BCUT2D eigenvalue weighted by Gasteiger charge is 2.39. The predicted molar refractivity (Wildman–Crippen MR) is 198 cm³/mol. The van der Waals surface area contributed by atoms with Crippen molar-refractivity contribution >= 4 is 35.4 Å². The summed E-state index contributed by atoms with van der Waals surface area (Å²) in [5.74, 6) is -1.42. The third kappa shape index (κ3) is 9.89. The predicted octanol–water partition coefficient (Wildman–Crippen LogP) is 5.53. The molecule has 4 amide bonds. The first kappa shape index (κ1) is 38.7. The molecule has 3 aromatic carbocycles. The molecule has 3 atom stereocenters. The number of nitrogens with one attached hydrogen (secondary N) is 2. The number of hydrogen-bond acceptors (Lipinski definition) is 6. The van der Waals surface area contributed by atoms with Gasteiger partial charge in [0.1, 0.15) is 23.5 Å². The minimum Gasteiger partial charge on any atom is -0.444 e. The highest BCUT2D eigenvalue weighted by atomic mass is 35.5. The second-order valence-corrected chi connectivity index (χ2v) is 15.2. The van der Waals surface area contributed by atoms with E-state index < -0.39 is 35.7 Å². The van der Waals surface area contributed by atoms with E-state index in [0.29, 0.717) is 36.8 Å². The molecule has 1 fully saturated rings. The topological polar surface area (TPSA) is 111 Å².